The van der Waals surface area contributed by atoms with Crippen LogP contribution in [0, 0.1) is 22.0 Å². The van der Waals surface area contributed by atoms with E-state index < -0.39 is 28.4 Å². The van der Waals surface area contributed by atoms with Gasteiger partial charge in [-0.2, -0.15) is 0 Å². The SMILES string of the molecule is O=C(NCC(C(=O)O)C1CCOCC1)c1ccc(Cl)cc1[N+](=O)[O-]. The molecular formula is C15H17ClN2O6. The van der Waals surface area contributed by atoms with Gasteiger partial charge in [0.05, 0.1) is 10.8 Å². The molecule has 0 aliphatic carbocycles. The summed E-state index contributed by atoms with van der Waals surface area (Å²) in [5.74, 6) is -2.56. The summed E-state index contributed by atoms with van der Waals surface area (Å²) in [6.07, 6.45) is 1.21. The van der Waals surface area contributed by atoms with Crippen LogP contribution in [-0.4, -0.2) is 41.7 Å². The molecule has 1 atom stereocenters. The summed E-state index contributed by atoms with van der Waals surface area (Å²) in [5, 5.41) is 23.0. The highest BCUT2D eigenvalue weighted by atomic mass is 35.5. The fourth-order valence-corrected chi connectivity index (χ4v) is 2.89. The number of hydrogen-bond acceptors (Lipinski definition) is 5. The molecular weight excluding hydrogens is 340 g/mol. The Balaban J connectivity index is 2.08. The van der Waals surface area contributed by atoms with Gasteiger partial charge in [0.2, 0.25) is 0 Å². The van der Waals surface area contributed by atoms with Gasteiger partial charge in [0.15, 0.2) is 0 Å². The van der Waals surface area contributed by atoms with E-state index in [1.54, 1.807) is 0 Å². The number of benzene rings is 1. The topological polar surface area (TPSA) is 119 Å². The van der Waals surface area contributed by atoms with Crippen molar-refractivity contribution in [3.05, 3.63) is 38.9 Å². The molecule has 1 aliphatic heterocycles. The van der Waals surface area contributed by atoms with Crippen LogP contribution in [0.1, 0.15) is 23.2 Å². The Morgan fingerprint density at radius 3 is 2.67 bits per heavy atom. The number of nitro groups is 1. The summed E-state index contributed by atoms with van der Waals surface area (Å²) in [7, 11) is 0. The first-order chi connectivity index (χ1) is 11.4. The maximum atomic E-state index is 12.2. The standard InChI is InChI=1S/C15H17ClN2O6/c16-10-1-2-11(13(7-10)18(22)23)14(19)17-8-12(15(20)21)9-3-5-24-6-4-9/h1-2,7,9,12H,3-6,8H2,(H,17,19)(H,20,21). The van der Waals surface area contributed by atoms with E-state index in [1.165, 1.54) is 12.1 Å². The third-order valence-corrected chi connectivity index (χ3v) is 4.27. The first-order valence-electron chi connectivity index (χ1n) is 7.43. The molecule has 8 nitrogen and oxygen atoms in total. The summed E-state index contributed by atoms with van der Waals surface area (Å²) in [6.45, 7) is 0.884. The maximum Gasteiger partial charge on any atom is 0.308 e. The zero-order valence-corrected chi connectivity index (χ0v) is 13.5. The van der Waals surface area contributed by atoms with Gasteiger partial charge >= 0.3 is 5.97 Å². The van der Waals surface area contributed by atoms with Gasteiger partial charge < -0.3 is 15.2 Å². The molecule has 0 saturated carbocycles. The van der Waals surface area contributed by atoms with E-state index in [1.807, 2.05) is 0 Å². The largest absolute Gasteiger partial charge is 0.481 e. The lowest BCUT2D eigenvalue weighted by Gasteiger charge is -2.27. The number of rotatable bonds is 6. The molecule has 1 saturated heterocycles. The second-order valence-corrected chi connectivity index (χ2v) is 5.96. The fourth-order valence-electron chi connectivity index (χ4n) is 2.72. The molecule has 2 N–H and O–H groups in total. The minimum absolute atomic E-state index is 0.0986. The molecule has 1 aromatic rings. The van der Waals surface area contributed by atoms with E-state index >= 15 is 0 Å². The van der Waals surface area contributed by atoms with Crippen LogP contribution < -0.4 is 5.32 Å². The number of carbonyl (C=O) groups is 2. The normalized spacial score (nSPS) is 16.4. The predicted molar refractivity (Wildman–Crippen MR) is 85.1 cm³/mol. The summed E-state index contributed by atoms with van der Waals surface area (Å²) in [4.78, 5) is 34.0. The number of carboxylic acids is 1. The van der Waals surface area contributed by atoms with Gasteiger partial charge in [-0.1, -0.05) is 11.6 Å². The van der Waals surface area contributed by atoms with Crippen molar-refractivity contribution in [2.45, 2.75) is 12.8 Å². The van der Waals surface area contributed by atoms with Gasteiger partial charge in [-0.3, -0.25) is 19.7 Å². The first kappa shape index (κ1) is 18.2. The first-order valence-corrected chi connectivity index (χ1v) is 7.80. The Labute approximate surface area is 142 Å². The molecule has 0 aromatic heterocycles. The van der Waals surface area contributed by atoms with Crippen molar-refractivity contribution in [2.24, 2.45) is 11.8 Å². The molecule has 1 unspecified atom stereocenters. The van der Waals surface area contributed by atoms with Gasteiger partial charge in [-0.15, -0.1) is 0 Å². The molecule has 1 amide bonds. The molecule has 0 spiro atoms. The second-order valence-electron chi connectivity index (χ2n) is 5.52. The van der Waals surface area contributed by atoms with Crippen molar-refractivity contribution in [1.82, 2.24) is 5.32 Å². The van der Waals surface area contributed by atoms with Crippen LogP contribution in [0.25, 0.3) is 0 Å². The molecule has 0 bridgehead atoms. The predicted octanol–water partition coefficient (Wildman–Crippen LogP) is 2.11. The number of nitrogens with one attached hydrogen (secondary N) is 1. The zero-order chi connectivity index (χ0) is 17.7. The van der Waals surface area contributed by atoms with Crippen LogP contribution in [0.4, 0.5) is 5.69 Å². The van der Waals surface area contributed by atoms with E-state index in [9.17, 15) is 24.8 Å². The minimum atomic E-state index is -1.01. The smallest absolute Gasteiger partial charge is 0.308 e. The van der Waals surface area contributed by atoms with Crippen molar-refractivity contribution in [3.63, 3.8) is 0 Å². The number of carboxylic acid groups (broad SMARTS) is 1. The highest BCUT2D eigenvalue weighted by Gasteiger charge is 2.30. The highest BCUT2D eigenvalue weighted by molar-refractivity contribution is 6.31. The fraction of sp³-hybridized carbons (Fsp3) is 0.467. The van der Waals surface area contributed by atoms with E-state index in [0.29, 0.717) is 26.1 Å². The maximum absolute atomic E-state index is 12.2. The van der Waals surface area contributed by atoms with E-state index in [-0.39, 0.29) is 23.0 Å². The highest BCUT2D eigenvalue weighted by Crippen LogP contribution is 2.25. The number of ether oxygens (including phenoxy) is 1. The summed E-state index contributed by atoms with van der Waals surface area (Å²) in [6, 6.07) is 3.71. The Hall–Kier alpha value is -2.19. The van der Waals surface area contributed by atoms with Crippen molar-refractivity contribution in [3.8, 4) is 0 Å². The third kappa shape index (κ3) is 4.42. The quantitative estimate of drug-likeness (QED) is 0.595. The Kier molecular flexibility index (Phi) is 6.10. The Bertz CT molecular complexity index is 645. The van der Waals surface area contributed by atoms with Gasteiger partial charge in [0.1, 0.15) is 5.56 Å². The Morgan fingerprint density at radius 2 is 2.08 bits per heavy atom. The van der Waals surface area contributed by atoms with Crippen molar-refractivity contribution in [2.75, 3.05) is 19.8 Å². The molecule has 0 radical (unpaired) electrons. The second kappa shape index (κ2) is 8.07. The number of nitrogens with zero attached hydrogens (tertiary/aromatic N) is 1. The van der Waals surface area contributed by atoms with Crippen LogP contribution in [-0.2, 0) is 9.53 Å². The van der Waals surface area contributed by atoms with Crippen molar-refractivity contribution in [1.29, 1.82) is 0 Å². The van der Waals surface area contributed by atoms with E-state index in [0.717, 1.165) is 6.07 Å². The average Bonchev–Trinajstić information content (AvgIpc) is 2.55. The monoisotopic (exact) mass is 356 g/mol. The van der Waals surface area contributed by atoms with Gasteiger partial charge in [-0.25, -0.2) is 0 Å². The molecule has 24 heavy (non-hydrogen) atoms. The number of amides is 1. The van der Waals surface area contributed by atoms with Crippen LogP contribution in [0.5, 0.6) is 0 Å². The molecule has 9 heteroatoms. The van der Waals surface area contributed by atoms with E-state index in [2.05, 4.69) is 5.32 Å². The molecule has 1 heterocycles. The van der Waals surface area contributed by atoms with Gasteiger partial charge in [0.25, 0.3) is 11.6 Å². The lowest BCUT2D eigenvalue weighted by atomic mass is 9.86. The molecule has 1 aromatic carbocycles. The minimum Gasteiger partial charge on any atom is -0.481 e. The average molecular weight is 357 g/mol. The molecule has 2 rings (SSSR count). The third-order valence-electron chi connectivity index (χ3n) is 4.04. The van der Waals surface area contributed by atoms with Gasteiger partial charge in [0, 0.05) is 30.8 Å². The Morgan fingerprint density at radius 1 is 1.42 bits per heavy atom. The number of carbonyl (C=O) groups excluding carboxylic acids is 1. The van der Waals surface area contributed by atoms with Gasteiger partial charge in [-0.05, 0) is 30.9 Å². The number of halogens is 1. The lowest BCUT2D eigenvalue weighted by molar-refractivity contribution is -0.385. The van der Waals surface area contributed by atoms with Crippen LogP contribution in [0.2, 0.25) is 5.02 Å². The van der Waals surface area contributed by atoms with Crippen LogP contribution in [0.3, 0.4) is 0 Å². The number of hydrogen-bond donors (Lipinski definition) is 2. The van der Waals surface area contributed by atoms with E-state index in [4.69, 9.17) is 16.3 Å². The summed E-state index contributed by atoms with van der Waals surface area (Å²) in [5.41, 5.74) is -0.571. The summed E-state index contributed by atoms with van der Waals surface area (Å²) < 4.78 is 5.21. The van der Waals surface area contributed by atoms with Crippen LogP contribution >= 0.6 is 11.6 Å². The van der Waals surface area contributed by atoms with Crippen LogP contribution in [0.15, 0.2) is 18.2 Å². The van der Waals surface area contributed by atoms with Crippen molar-refractivity contribution >= 4 is 29.2 Å². The number of nitro benzene ring substituents is 1. The summed E-state index contributed by atoms with van der Waals surface area (Å²) >= 11 is 5.71. The number of aliphatic carboxylic acids is 1. The van der Waals surface area contributed by atoms with Crippen molar-refractivity contribution < 1.29 is 24.4 Å². The zero-order valence-electron chi connectivity index (χ0n) is 12.7. The lowest BCUT2D eigenvalue weighted by Crippen LogP contribution is -2.39. The molecule has 1 fully saturated rings. The molecule has 130 valence electrons. The molecule has 1 aliphatic rings.